The van der Waals surface area contributed by atoms with Gasteiger partial charge >= 0.3 is 24.3 Å². The number of hydrogen-bond acceptors (Lipinski definition) is 8. The van der Waals surface area contributed by atoms with Gasteiger partial charge in [-0.2, -0.15) is 13.2 Å². The van der Waals surface area contributed by atoms with Crippen molar-refractivity contribution < 1.29 is 51.6 Å². The predicted octanol–water partition coefficient (Wildman–Crippen LogP) is 15.3. The Balaban J connectivity index is 0.000000273. The van der Waals surface area contributed by atoms with Gasteiger partial charge in [0.2, 0.25) is 0 Å². The summed E-state index contributed by atoms with van der Waals surface area (Å²) in [4.78, 5) is 34.2. The summed E-state index contributed by atoms with van der Waals surface area (Å²) in [6, 6.07) is 16.2. The van der Waals surface area contributed by atoms with Crippen LogP contribution in [0, 0.1) is 17.8 Å². The molecule has 18 heteroatoms. The molecule has 6 atom stereocenters. The average molecular weight is 1190 g/mol. The number of phenolic OH excluding ortho intramolecular Hbond substituents is 1. The second-order valence-electron chi connectivity index (χ2n) is 20.3. The van der Waals surface area contributed by atoms with Crippen molar-refractivity contribution in [3.8, 4) is 17.2 Å². The molecule has 3 fully saturated rings. The van der Waals surface area contributed by atoms with E-state index in [1.54, 1.807) is 36.4 Å². The van der Waals surface area contributed by atoms with E-state index in [9.17, 15) is 32.7 Å². The predicted molar refractivity (Wildman–Crippen MR) is 291 cm³/mol. The number of unbranched alkanes of at least 4 members (excludes halogenated alkanes) is 3. The Bertz CT molecular complexity index is 2170. The molecule has 72 heavy (non-hydrogen) atoms. The number of amides is 3. The summed E-state index contributed by atoms with van der Waals surface area (Å²) in [6.07, 6.45) is 3.86. The van der Waals surface area contributed by atoms with Crippen molar-refractivity contribution in [2.24, 2.45) is 17.8 Å². The Morgan fingerprint density at radius 1 is 0.597 bits per heavy atom. The number of rotatable bonds is 19. The molecule has 0 radical (unpaired) electrons. The molecule has 0 spiro atoms. The highest BCUT2D eigenvalue weighted by molar-refractivity contribution is 14.1. The minimum atomic E-state index is -4.84. The van der Waals surface area contributed by atoms with E-state index in [4.69, 9.17) is 53.8 Å². The summed E-state index contributed by atoms with van der Waals surface area (Å²) >= 11 is 20.5. The van der Waals surface area contributed by atoms with Gasteiger partial charge in [-0.05, 0) is 191 Å². The van der Waals surface area contributed by atoms with Gasteiger partial charge in [0.1, 0.15) is 28.5 Å². The molecule has 3 saturated carbocycles. The number of hydrogen-bond donors (Lipinski definition) is 4. The number of aromatic hydroxyl groups is 1. The lowest BCUT2D eigenvalue weighted by molar-refractivity contribution is -0.173. The van der Waals surface area contributed by atoms with Gasteiger partial charge in [0.15, 0.2) is 0 Å². The van der Waals surface area contributed by atoms with Crippen molar-refractivity contribution in [1.82, 2.24) is 16.0 Å². The molecule has 11 nitrogen and oxygen atoms in total. The van der Waals surface area contributed by atoms with Gasteiger partial charge in [0.05, 0.1) is 13.2 Å². The number of alkyl halides is 4. The van der Waals surface area contributed by atoms with Crippen LogP contribution in [0.3, 0.4) is 0 Å². The molecule has 4 N–H and O–H groups in total. The van der Waals surface area contributed by atoms with E-state index in [0.717, 1.165) is 78.3 Å². The number of phenols is 1. The molecule has 3 aromatic rings. The van der Waals surface area contributed by atoms with Crippen LogP contribution in [0.4, 0.5) is 22.8 Å². The number of halogens is 7. The summed E-state index contributed by atoms with van der Waals surface area (Å²) in [6.45, 7) is 20.0. The highest BCUT2D eigenvalue weighted by Gasteiger charge is 2.44. The molecule has 3 aliphatic carbocycles. The van der Waals surface area contributed by atoms with Crippen molar-refractivity contribution in [2.75, 3.05) is 37.3 Å². The van der Waals surface area contributed by atoms with Gasteiger partial charge in [-0.1, -0.05) is 97.4 Å². The Morgan fingerprint density at radius 2 is 0.958 bits per heavy atom. The highest BCUT2D eigenvalue weighted by Crippen LogP contribution is 2.52. The first-order valence-corrected chi connectivity index (χ1v) is 27.6. The first-order valence-electron chi connectivity index (χ1n) is 25.0. The van der Waals surface area contributed by atoms with Crippen LogP contribution in [0.15, 0.2) is 54.6 Å². The Morgan fingerprint density at radius 3 is 1.31 bits per heavy atom. The van der Waals surface area contributed by atoms with Gasteiger partial charge in [-0.3, -0.25) is 4.79 Å². The molecule has 3 aromatic carbocycles. The van der Waals surface area contributed by atoms with E-state index in [0.29, 0.717) is 53.9 Å². The van der Waals surface area contributed by atoms with E-state index in [2.05, 4.69) is 54.0 Å². The number of carbonyl (C=O) groups is 3. The summed E-state index contributed by atoms with van der Waals surface area (Å²) in [7, 11) is 0. The zero-order chi connectivity index (χ0) is 53.8. The van der Waals surface area contributed by atoms with Crippen LogP contribution in [0.5, 0.6) is 17.2 Å². The molecule has 6 rings (SSSR count). The second kappa shape index (κ2) is 30.1. The Kier molecular flexibility index (Phi) is 26.3. The minimum absolute atomic E-state index is 0.00389. The number of ether oxygens (including phenoxy) is 4. The number of benzene rings is 3. The minimum Gasteiger partial charge on any atom is -0.508 e. The largest absolute Gasteiger partial charge is 0.508 e. The van der Waals surface area contributed by atoms with Gasteiger partial charge in [0, 0.05) is 34.7 Å². The maximum Gasteiger partial charge on any atom is 0.471 e. The molecular weight excluding hydrogens is 1110 g/mol. The van der Waals surface area contributed by atoms with Crippen LogP contribution in [0.2, 0.25) is 15.1 Å². The van der Waals surface area contributed by atoms with Crippen LogP contribution in [0.1, 0.15) is 155 Å². The van der Waals surface area contributed by atoms with Crippen molar-refractivity contribution in [2.45, 2.75) is 155 Å². The molecule has 404 valence electrons. The van der Waals surface area contributed by atoms with E-state index >= 15 is 0 Å². The van der Waals surface area contributed by atoms with Gasteiger partial charge in [-0.15, -0.1) is 0 Å². The normalized spacial score (nSPS) is 19.6. The lowest BCUT2D eigenvalue weighted by Gasteiger charge is -2.19. The van der Waals surface area contributed by atoms with Crippen LogP contribution >= 0.6 is 57.4 Å². The third-order valence-electron chi connectivity index (χ3n) is 11.5. The summed E-state index contributed by atoms with van der Waals surface area (Å²) in [5.74, 6) is 1.42. The fraction of sp³-hybridized carbons (Fsp3) is 0.611. The molecule has 0 saturated heterocycles. The van der Waals surface area contributed by atoms with Crippen molar-refractivity contribution in [3.63, 3.8) is 0 Å². The highest BCUT2D eigenvalue weighted by atomic mass is 127. The van der Waals surface area contributed by atoms with E-state index in [1.165, 1.54) is 17.3 Å². The zero-order valence-corrected chi connectivity index (χ0v) is 47.6. The molecular formula is C54H76Cl3F3IN3O8. The zero-order valence-electron chi connectivity index (χ0n) is 43.2. The van der Waals surface area contributed by atoms with E-state index < -0.39 is 29.4 Å². The van der Waals surface area contributed by atoms with E-state index in [1.807, 2.05) is 65.1 Å². The molecule has 0 aromatic heterocycles. The maximum atomic E-state index is 12.2. The third kappa shape index (κ3) is 24.2. The van der Waals surface area contributed by atoms with Crippen molar-refractivity contribution in [1.29, 1.82) is 0 Å². The molecule has 0 bridgehead atoms. The van der Waals surface area contributed by atoms with Crippen molar-refractivity contribution >= 4 is 75.5 Å². The average Bonchev–Trinajstić information content (AvgIpc) is 4.20. The van der Waals surface area contributed by atoms with Gasteiger partial charge < -0.3 is 40.0 Å². The number of nitrogens with one attached hydrogen (secondary N) is 3. The fourth-order valence-electron chi connectivity index (χ4n) is 7.43. The Labute approximate surface area is 454 Å². The first-order chi connectivity index (χ1) is 33.8. The first kappa shape index (κ1) is 62.8. The molecule has 3 aliphatic rings. The van der Waals surface area contributed by atoms with Crippen LogP contribution in [-0.4, -0.2) is 77.9 Å². The number of carbonyl (C=O) groups excluding carboxylic acids is 3. The molecule has 6 unspecified atom stereocenters. The topological polar surface area (TPSA) is 144 Å². The second-order valence-corrected chi connectivity index (χ2v) is 22.7. The van der Waals surface area contributed by atoms with Gasteiger partial charge in [-0.25, -0.2) is 9.59 Å². The third-order valence-corrected chi connectivity index (χ3v) is 13.0. The molecule has 0 aliphatic heterocycles. The van der Waals surface area contributed by atoms with E-state index in [-0.39, 0.29) is 36.1 Å². The summed E-state index contributed by atoms with van der Waals surface area (Å²) < 4.78 is 59.9. The van der Waals surface area contributed by atoms with Crippen LogP contribution < -0.4 is 25.4 Å². The lowest BCUT2D eigenvalue weighted by Crippen LogP contribution is -2.37. The summed E-state index contributed by atoms with van der Waals surface area (Å²) in [5, 5.41) is 19.3. The SMILES string of the molecule is CC(C)(C)OC(=O)NCC1CC1c1cc(Cl)ccc1O.CCCCI.CCCCOc1ccc(Cl)cc1C1CC1CNC(=O)C(F)(F)F.CCCCOc1ccc(Cl)cc1C1CC1CNC(=O)OC(C)(C)C. The van der Waals surface area contributed by atoms with Crippen molar-refractivity contribution in [3.05, 3.63) is 86.4 Å². The quantitative estimate of drug-likeness (QED) is 0.0528. The Hall–Kier alpha value is -3.54. The van der Waals surface area contributed by atoms with Gasteiger partial charge in [0.25, 0.3) is 0 Å². The monoisotopic (exact) mass is 1180 g/mol. The summed E-state index contributed by atoms with van der Waals surface area (Å²) in [5.41, 5.74) is 1.95. The molecule has 0 heterocycles. The standard InChI is InChI=1S/C19H28ClNO3.C16H19ClF3NO2.C15H20ClNO3.C4H9I/c1-5-6-9-23-17-8-7-14(20)11-16(17)15-10-13(15)12-21-18(22)24-19(2,3)4;1-2-3-6-23-14-5-4-11(17)8-13(14)12-7-10(12)9-21-15(22)16(18,19)20;1-15(2,3)20-14(19)17-8-9-6-11(9)12-7-10(16)4-5-13(12)18;1-2-3-4-5/h7-8,11,13,15H,5-6,9-10,12H2,1-4H3,(H,21,22);4-5,8,10,12H,2-3,6-7,9H2,1H3,(H,21,22);4-5,7,9,11,18H,6,8H2,1-3H3,(H,17,19);2-4H2,1H3. The maximum absolute atomic E-state index is 12.2. The van der Waals surface area contributed by atoms with Crippen LogP contribution in [-0.2, 0) is 14.3 Å². The lowest BCUT2D eigenvalue weighted by atomic mass is 10.1. The molecule has 3 amide bonds. The fourth-order valence-corrected chi connectivity index (χ4v) is 8.74. The number of alkyl carbamates (subject to hydrolysis) is 2. The van der Waals surface area contributed by atoms with Crippen LogP contribution in [0.25, 0.3) is 0 Å². The smallest absolute Gasteiger partial charge is 0.471 e.